The van der Waals surface area contributed by atoms with Gasteiger partial charge in [0.15, 0.2) is 6.29 Å². The molecule has 1 fully saturated rings. The third-order valence-corrected chi connectivity index (χ3v) is 7.69. The molecule has 0 radical (unpaired) electrons. The van der Waals surface area contributed by atoms with Crippen LogP contribution >= 0.6 is 0 Å². The highest BCUT2D eigenvalue weighted by atomic mass is 32.3. The number of carbonyl (C=O) groups is 1. The lowest BCUT2D eigenvalue weighted by Crippen LogP contribution is -2.60. The van der Waals surface area contributed by atoms with Crippen LogP contribution in [0.5, 0.6) is 0 Å². The fourth-order valence-electron chi connectivity index (χ4n) is 4.79. The van der Waals surface area contributed by atoms with Crippen molar-refractivity contribution in [2.75, 3.05) is 26.4 Å². The summed E-state index contributed by atoms with van der Waals surface area (Å²) >= 11 is 0. The van der Waals surface area contributed by atoms with Gasteiger partial charge in [-0.1, -0.05) is 97.3 Å². The van der Waals surface area contributed by atoms with Crippen LogP contribution in [0.15, 0.2) is 0 Å². The summed E-state index contributed by atoms with van der Waals surface area (Å²) < 4.78 is 58.2. The maximum atomic E-state index is 12.5. The standard InChI is InChI=1S/C29H56O12S/c1-3-5-7-9-10-11-12-13-15-17-19-37-21-23(39-25(31)18-16-14-8-6-4-2)22-38-29-27(33)28(41-42(34,35)36)26(32)24(20-30)40-29/h23-24,26-30,32-33H,3-22H2,1-2H3,(H,34,35,36). The van der Waals surface area contributed by atoms with E-state index in [1.165, 1.54) is 44.9 Å². The third-order valence-electron chi connectivity index (χ3n) is 7.23. The van der Waals surface area contributed by atoms with Gasteiger partial charge in [-0.2, -0.15) is 8.42 Å². The molecule has 12 nitrogen and oxygen atoms in total. The molecule has 1 rings (SSSR count). The Kier molecular flexibility index (Phi) is 21.9. The van der Waals surface area contributed by atoms with E-state index in [9.17, 15) is 28.5 Å². The summed E-state index contributed by atoms with van der Waals surface area (Å²) in [6.07, 6.45) is 7.83. The average Bonchev–Trinajstić information content (AvgIpc) is 2.94. The van der Waals surface area contributed by atoms with Crippen LogP contribution in [0, 0.1) is 0 Å². The van der Waals surface area contributed by atoms with E-state index in [0.29, 0.717) is 13.0 Å². The second-order valence-corrected chi connectivity index (χ2v) is 12.1. The molecule has 0 amide bonds. The first kappa shape index (κ1) is 39.1. The fourth-order valence-corrected chi connectivity index (χ4v) is 5.30. The summed E-state index contributed by atoms with van der Waals surface area (Å²) in [4.78, 5) is 12.5. The number of rotatable bonds is 26. The SMILES string of the molecule is CCCCCCCCCCCCOCC(COC1OC(CO)C(O)C(OS(=O)(=O)O)C1O)OC(=O)CCCCCCC. The predicted molar refractivity (Wildman–Crippen MR) is 156 cm³/mol. The molecule has 0 spiro atoms. The lowest BCUT2D eigenvalue weighted by atomic mass is 9.99. The second-order valence-electron chi connectivity index (χ2n) is 11.1. The molecule has 0 bridgehead atoms. The lowest BCUT2D eigenvalue weighted by molar-refractivity contribution is -0.301. The van der Waals surface area contributed by atoms with Crippen LogP contribution in [-0.2, 0) is 38.3 Å². The van der Waals surface area contributed by atoms with Crippen LogP contribution in [0.2, 0.25) is 0 Å². The molecule has 0 aromatic rings. The van der Waals surface area contributed by atoms with Crippen molar-refractivity contribution >= 4 is 16.4 Å². The molecule has 6 atom stereocenters. The van der Waals surface area contributed by atoms with Crippen molar-refractivity contribution in [3.8, 4) is 0 Å². The Morgan fingerprint density at radius 2 is 1.36 bits per heavy atom. The smallest absolute Gasteiger partial charge is 0.397 e. The van der Waals surface area contributed by atoms with Crippen molar-refractivity contribution < 1.29 is 56.2 Å². The molecule has 1 aliphatic rings. The first-order valence-corrected chi connectivity index (χ1v) is 17.2. The van der Waals surface area contributed by atoms with Gasteiger partial charge in [0.1, 0.15) is 30.5 Å². The molecule has 250 valence electrons. The lowest BCUT2D eigenvalue weighted by Gasteiger charge is -2.41. The highest BCUT2D eigenvalue weighted by molar-refractivity contribution is 7.80. The van der Waals surface area contributed by atoms with Gasteiger partial charge in [-0.05, 0) is 12.8 Å². The van der Waals surface area contributed by atoms with Gasteiger partial charge < -0.3 is 34.3 Å². The van der Waals surface area contributed by atoms with Gasteiger partial charge in [0.05, 0.1) is 19.8 Å². The Morgan fingerprint density at radius 1 is 0.810 bits per heavy atom. The molecule has 1 aliphatic heterocycles. The molecule has 42 heavy (non-hydrogen) atoms. The van der Waals surface area contributed by atoms with E-state index in [1.54, 1.807) is 0 Å². The average molecular weight is 629 g/mol. The van der Waals surface area contributed by atoms with Crippen LogP contribution in [0.1, 0.15) is 117 Å². The Hall–Kier alpha value is -0.900. The summed E-state index contributed by atoms with van der Waals surface area (Å²) in [7, 11) is -5.04. The van der Waals surface area contributed by atoms with Crippen molar-refractivity contribution in [1.29, 1.82) is 0 Å². The van der Waals surface area contributed by atoms with E-state index >= 15 is 0 Å². The highest BCUT2D eigenvalue weighted by Gasteiger charge is 2.48. The zero-order chi connectivity index (χ0) is 31.2. The van der Waals surface area contributed by atoms with E-state index < -0.39 is 59.8 Å². The van der Waals surface area contributed by atoms with Gasteiger partial charge in [-0.15, -0.1) is 0 Å². The molecule has 0 saturated carbocycles. The van der Waals surface area contributed by atoms with Gasteiger partial charge in [0.2, 0.25) is 0 Å². The summed E-state index contributed by atoms with van der Waals surface area (Å²) in [6.45, 7) is 3.84. The molecule has 1 saturated heterocycles. The number of aliphatic hydroxyl groups is 3. The number of hydrogen-bond acceptors (Lipinski definition) is 11. The molecule has 0 aliphatic carbocycles. The van der Waals surface area contributed by atoms with E-state index in [-0.39, 0.29) is 19.6 Å². The topological polar surface area (TPSA) is 178 Å². The molecular weight excluding hydrogens is 572 g/mol. The van der Waals surface area contributed by atoms with Gasteiger partial charge in [0, 0.05) is 13.0 Å². The summed E-state index contributed by atoms with van der Waals surface area (Å²) in [6, 6.07) is 0. The summed E-state index contributed by atoms with van der Waals surface area (Å²) in [5.74, 6) is -0.413. The first-order chi connectivity index (χ1) is 20.1. The van der Waals surface area contributed by atoms with Crippen molar-refractivity contribution in [2.24, 2.45) is 0 Å². The van der Waals surface area contributed by atoms with Crippen LogP contribution in [0.3, 0.4) is 0 Å². The van der Waals surface area contributed by atoms with E-state index in [2.05, 4.69) is 18.0 Å². The number of unbranched alkanes of at least 4 members (excludes halogenated alkanes) is 13. The molecule has 13 heteroatoms. The van der Waals surface area contributed by atoms with Gasteiger partial charge in [-0.25, -0.2) is 4.18 Å². The quantitative estimate of drug-likeness (QED) is 0.0619. The number of hydrogen-bond donors (Lipinski definition) is 4. The van der Waals surface area contributed by atoms with Crippen LogP contribution in [0.25, 0.3) is 0 Å². The number of aliphatic hydroxyl groups excluding tert-OH is 3. The first-order valence-electron chi connectivity index (χ1n) is 15.8. The van der Waals surface area contributed by atoms with Gasteiger partial charge in [0.25, 0.3) is 0 Å². The molecule has 6 unspecified atom stereocenters. The van der Waals surface area contributed by atoms with Crippen LogP contribution < -0.4 is 0 Å². The van der Waals surface area contributed by atoms with E-state index in [1.807, 2.05) is 0 Å². The minimum absolute atomic E-state index is 0.0405. The predicted octanol–water partition coefficient (Wildman–Crippen LogP) is 3.84. The Bertz CT molecular complexity index is 781. The second kappa shape index (κ2) is 23.5. The van der Waals surface area contributed by atoms with E-state index in [0.717, 1.165) is 44.9 Å². The normalized spacial score (nSPS) is 23.6. The Morgan fingerprint density at radius 3 is 1.90 bits per heavy atom. The minimum Gasteiger partial charge on any atom is -0.457 e. The maximum Gasteiger partial charge on any atom is 0.397 e. The number of carbonyl (C=O) groups excluding carboxylic acids is 1. The number of esters is 1. The van der Waals surface area contributed by atoms with Crippen molar-refractivity contribution in [1.82, 2.24) is 0 Å². The highest BCUT2D eigenvalue weighted by Crippen LogP contribution is 2.26. The molecule has 0 aromatic heterocycles. The minimum atomic E-state index is -5.04. The molecule has 4 N–H and O–H groups in total. The van der Waals surface area contributed by atoms with Gasteiger partial charge >= 0.3 is 16.4 Å². The number of ether oxygens (including phenoxy) is 4. The van der Waals surface area contributed by atoms with Crippen LogP contribution in [-0.4, -0.2) is 97.5 Å². The molecular formula is C29H56O12S. The molecule has 0 aromatic carbocycles. The van der Waals surface area contributed by atoms with Gasteiger partial charge in [-0.3, -0.25) is 9.35 Å². The monoisotopic (exact) mass is 628 g/mol. The van der Waals surface area contributed by atoms with E-state index in [4.69, 9.17) is 23.5 Å². The van der Waals surface area contributed by atoms with Crippen molar-refractivity contribution in [3.63, 3.8) is 0 Å². The summed E-state index contributed by atoms with van der Waals surface area (Å²) in [5.41, 5.74) is 0. The Balaban J connectivity index is 2.58. The fraction of sp³-hybridized carbons (Fsp3) is 0.966. The van der Waals surface area contributed by atoms with Crippen molar-refractivity contribution in [2.45, 2.75) is 153 Å². The third kappa shape index (κ3) is 18.0. The van der Waals surface area contributed by atoms with Crippen LogP contribution in [0.4, 0.5) is 0 Å². The molecule has 1 heterocycles. The largest absolute Gasteiger partial charge is 0.457 e. The summed E-state index contributed by atoms with van der Waals surface area (Å²) in [5, 5.41) is 30.2. The Labute approximate surface area is 252 Å². The maximum absolute atomic E-state index is 12.5. The zero-order valence-corrected chi connectivity index (χ0v) is 26.4. The zero-order valence-electron chi connectivity index (χ0n) is 25.6. The van der Waals surface area contributed by atoms with Crippen molar-refractivity contribution in [3.05, 3.63) is 0 Å².